The second-order valence-corrected chi connectivity index (χ2v) is 7.88. The van der Waals surface area contributed by atoms with Crippen LogP contribution in [0.1, 0.15) is 25.7 Å². The van der Waals surface area contributed by atoms with Crippen molar-refractivity contribution in [3.63, 3.8) is 0 Å². The molecule has 2 aliphatic heterocycles. The molecule has 22 heavy (non-hydrogen) atoms. The number of piperidine rings is 1. The van der Waals surface area contributed by atoms with E-state index in [1.807, 2.05) is 6.07 Å². The number of nitrogens with one attached hydrogen (secondary N) is 1. The van der Waals surface area contributed by atoms with E-state index in [0.29, 0.717) is 6.54 Å². The van der Waals surface area contributed by atoms with Crippen LogP contribution in [-0.4, -0.2) is 56.9 Å². The predicted molar refractivity (Wildman–Crippen MR) is 86.7 cm³/mol. The fraction of sp³-hybridized carbons (Fsp3) is 0.714. The topological polar surface area (TPSA) is 78.4 Å². The number of sulfonamides is 1. The van der Waals surface area contributed by atoms with E-state index in [1.165, 1.54) is 19.1 Å². The number of aromatic nitrogens is 2. The SMILES string of the molecule is CS(=O)(=O)N[C@H]1CCCN(c2cc(N3CCCC3)ncn2)C1. The Kier molecular flexibility index (Phi) is 4.49. The lowest BCUT2D eigenvalue weighted by molar-refractivity contribution is 0.465. The van der Waals surface area contributed by atoms with Gasteiger partial charge < -0.3 is 9.80 Å². The molecule has 2 aliphatic rings. The van der Waals surface area contributed by atoms with Crippen molar-refractivity contribution in [2.75, 3.05) is 42.2 Å². The molecular weight excluding hydrogens is 302 g/mol. The van der Waals surface area contributed by atoms with E-state index < -0.39 is 10.0 Å². The summed E-state index contributed by atoms with van der Waals surface area (Å²) in [7, 11) is -3.17. The van der Waals surface area contributed by atoms with E-state index in [-0.39, 0.29) is 6.04 Å². The van der Waals surface area contributed by atoms with Crippen LogP contribution in [0.4, 0.5) is 11.6 Å². The summed E-state index contributed by atoms with van der Waals surface area (Å²) in [4.78, 5) is 13.2. The minimum Gasteiger partial charge on any atom is -0.356 e. The summed E-state index contributed by atoms with van der Waals surface area (Å²) < 4.78 is 25.5. The first-order valence-electron chi connectivity index (χ1n) is 7.80. The maximum Gasteiger partial charge on any atom is 0.209 e. The smallest absolute Gasteiger partial charge is 0.209 e. The first-order chi connectivity index (χ1) is 10.5. The summed E-state index contributed by atoms with van der Waals surface area (Å²) in [5.74, 6) is 1.86. The zero-order valence-corrected chi connectivity index (χ0v) is 13.7. The molecule has 0 amide bonds. The Labute approximate surface area is 131 Å². The van der Waals surface area contributed by atoms with E-state index >= 15 is 0 Å². The van der Waals surface area contributed by atoms with Crippen LogP contribution in [0.5, 0.6) is 0 Å². The normalized spacial score (nSPS) is 23.0. The highest BCUT2D eigenvalue weighted by molar-refractivity contribution is 7.88. The Balaban J connectivity index is 1.71. The summed E-state index contributed by atoms with van der Waals surface area (Å²) in [5.41, 5.74) is 0. The van der Waals surface area contributed by atoms with Crippen molar-refractivity contribution in [1.29, 1.82) is 0 Å². The van der Waals surface area contributed by atoms with Crippen molar-refractivity contribution in [3.05, 3.63) is 12.4 Å². The number of hydrogen-bond donors (Lipinski definition) is 1. The number of anilines is 2. The van der Waals surface area contributed by atoms with Gasteiger partial charge in [0, 0.05) is 38.3 Å². The molecule has 0 saturated carbocycles. The third-order valence-corrected chi connectivity index (χ3v) is 4.96. The molecule has 1 aromatic rings. The third-order valence-electron chi connectivity index (χ3n) is 4.19. The molecule has 0 bridgehead atoms. The largest absolute Gasteiger partial charge is 0.356 e. The van der Waals surface area contributed by atoms with Gasteiger partial charge in [-0.05, 0) is 25.7 Å². The Morgan fingerprint density at radius 1 is 1.09 bits per heavy atom. The number of hydrogen-bond acceptors (Lipinski definition) is 6. The molecule has 1 N–H and O–H groups in total. The molecule has 122 valence electrons. The Bertz CT molecular complexity index is 615. The molecular formula is C14H23N5O2S. The molecule has 0 aromatic carbocycles. The van der Waals surface area contributed by atoms with E-state index in [4.69, 9.17) is 0 Å². The zero-order chi connectivity index (χ0) is 15.6. The van der Waals surface area contributed by atoms with Gasteiger partial charge in [0.25, 0.3) is 0 Å². The minimum atomic E-state index is -3.17. The van der Waals surface area contributed by atoms with Crippen LogP contribution in [0.25, 0.3) is 0 Å². The quantitative estimate of drug-likeness (QED) is 0.873. The number of rotatable bonds is 4. The van der Waals surface area contributed by atoms with Crippen LogP contribution >= 0.6 is 0 Å². The van der Waals surface area contributed by atoms with Crippen LogP contribution in [0.3, 0.4) is 0 Å². The molecule has 2 saturated heterocycles. The van der Waals surface area contributed by atoms with Crippen molar-refractivity contribution in [2.24, 2.45) is 0 Å². The lowest BCUT2D eigenvalue weighted by atomic mass is 10.1. The Morgan fingerprint density at radius 3 is 2.41 bits per heavy atom. The van der Waals surface area contributed by atoms with Gasteiger partial charge in [-0.1, -0.05) is 0 Å². The van der Waals surface area contributed by atoms with Crippen molar-refractivity contribution in [3.8, 4) is 0 Å². The minimum absolute atomic E-state index is 0.0473. The van der Waals surface area contributed by atoms with Gasteiger partial charge in [-0.25, -0.2) is 23.1 Å². The van der Waals surface area contributed by atoms with Gasteiger partial charge in [-0.15, -0.1) is 0 Å². The van der Waals surface area contributed by atoms with E-state index in [0.717, 1.165) is 44.1 Å². The molecule has 3 rings (SSSR count). The van der Waals surface area contributed by atoms with Crippen LogP contribution in [0, 0.1) is 0 Å². The van der Waals surface area contributed by atoms with Crippen molar-refractivity contribution in [1.82, 2.24) is 14.7 Å². The lowest BCUT2D eigenvalue weighted by Gasteiger charge is -2.33. The fourth-order valence-electron chi connectivity index (χ4n) is 3.21. The highest BCUT2D eigenvalue weighted by Crippen LogP contribution is 2.23. The van der Waals surface area contributed by atoms with Gasteiger partial charge >= 0.3 is 0 Å². The van der Waals surface area contributed by atoms with Crippen molar-refractivity contribution in [2.45, 2.75) is 31.7 Å². The van der Waals surface area contributed by atoms with Gasteiger partial charge in [0.2, 0.25) is 10.0 Å². The van der Waals surface area contributed by atoms with Gasteiger partial charge in [0.15, 0.2) is 0 Å². The summed E-state index contributed by atoms with van der Waals surface area (Å²) in [6.45, 7) is 3.66. The van der Waals surface area contributed by atoms with E-state index in [2.05, 4.69) is 24.5 Å². The molecule has 0 aliphatic carbocycles. The standard InChI is InChI=1S/C14H23N5O2S/c1-22(20,21)17-12-5-4-8-19(10-12)14-9-13(15-11-16-14)18-6-2-3-7-18/h9,11-12,17H,2-8,10H2,1H3/t12-/m0/s1. The molecule has 0 unspecified atom stereocenters. The van der Waals surface area contributed by atoms with E-state index in [9.17, 15) is 8.42 Å². The van der Waals surface area contributed by atoms with Crippen LogP contribution < -0.4 is 14.5 Å². The van der Waals surface area contributed by atoms with Gasteiger partial charge in [-0.2, -0.15) is 0 Å². The molecule has 3 heterocycles. The van der Waals surface area contributed by atoms with Crippen molar-refractivity contribution >= 4 is 21.7 Å². The lowest BCUT2D eigenvalue weighted by Crippen LogP contribution is -2.47. The Morgan fingerprint density at radius 2 is 1.73 bits per heavy atom. The van der Waals surface area contributed by atoms with Gasteiger partial charge in [-0.3, -0.25) is 0 Å². The van der Waals surface area contributed by atoms with Crippen LogP contribution in [-0.2, 0) is 10.0 Å². The second kappa shape index (κ2) is 6.37. The molecule has 0 spiro atoms. The average Bonchev–Trinajstić information content (AvgIpc) is 3.00. The van der Waals surface area contributed by atoms with Crippen LogP contribution in [0.15, 0.2) is 12.4 Å². The first kappa shape index (κ1) is 15.5. The summed E-state index contributed by atoms with van der Waals surface area (Å²) in [6, 6.07) is 1.97. The monoisotopic (exact) mass is 325 g/mol. The maximum atomic E-state index is 11.4. The first-order valence-corrected chi connectivity index (χ1v) is 9.70. The molecule has 0 radical (unpaired) electrons. The molecule has 2 fully saturated rings. The maximum absolute atomic E-state index is 11.4. The Hall–Kier alpha value is -1.41. The van der Waals surface area contributed by atoms with Gasteiger partial charge in [0.1, 0.15) is 18.0 Å². The van der Waals surface area contributed by atoms with Crippen LogP contribution in [0.2, 0.25) is 0 Å². The second-order valence-electron chi connectivity index (χ2n) is 6.10. The summed E-state index contributed by atoms with van der Waals surface area (Å²) in [5, 5.41) is 0. The average molecular weight is 325 g/mol. The molecule has 1 aromatic heterocycles. The summed E-state index contributed by atoms with van der Waals surface area (Å²) >= 11 is 0. The van der Waals surface area contributed by atoms with E-state index in [1.54, 1.807) is 6.33 Å². The van der Waals surface area contributed by atoms with Gasteiger partial charge in [0.05, 0.1) is 6.26 Å². The molecule has 1 atom stereocenters. The highest BCUT2D eigenvalue weighted by atomic mass is 32.2. The zero-order valence-electron chi connectivity index (χ0n) is 12.9. The predicted octanol–water partition coefficient (Wildman–Crippen LogP) is 0.595. The summed E-state index contributed by atoms with van der Waals surface area (Å²) in [6.07, 6.45) is 7.06. The van der Waals surface area contributed by atoms with Crippen molar-refractivity contribution < 1.29 is 8.42 Å². The molecule has 7 nitrogen and oxygen atoms in total. The number of nitrogens with zero attached hydrogens (tertiary/aromatic N) is 4. The third kappa shape index (κ3) is 3.86. The fourth-order valence-corrected chi connectivity index (χ4v) is 4.01. The molecule has 8 heteroatoms. The highest BCUT2D eigenvalue weighted by Gasteiger charge is 2.24.